The fourth-order valence-corrected chi connectivity index (χ4v) is 2.55. The van der Waals surface area contributed by atoms with Crippen LogP contribution in [0.5, 0.6) is 0 Å². The Hall–Kier alpha value is -2.43. The molecule has 0 fully saturated rings. The molecule has 0 atom stereocenters. The van der Waals surface area contributed by atoms with Gasteiger partial charge in [0.15, 0.2) is 0 Å². The minimum atomic E-state index is -0.167. The summed E-state index contributed by atoms with van der Waals surface area (Å²) in [5.41, 5.74) is 3.81. The Morgan fingerprint density at radius 3 is 2.62 bits per heavy atom. The fourth-order valence-electron chi connectivity index (χ4n) is 2.55. The van der Waals surface area contributed by atoms with Crippen molar-refractivity contribution in [3.05, 3.63) is 46.9 Å². The lowest BCUT2D eigenvalue weighted by Gasteiger charge is -2.17. The number of aromatic nitrogens is 2. The molecule has 0 aliphatic carbocycles. The number of hydrogen-bond donors (Lipinski definition) is 2. The van der Waals surface area contributed by atoms with Gasteiger partial charge in [0.25, 0.3) is 5.91 Å². The number of aryl methyl sites for hydroxylation is 2. The van der Waals surface area contributed by atoms with Crippen LogP contribution in [0.3, 0.4) is 0 Å². The summed E-state index contributed by atoms with van der Waals surface area (Å²) < 4.78 is 0. The average Bonchev–Trinajstić information content (AvgIpc) is 2.53. The maximum Gasteiger partial charge on any atom is 0.270 e. The van der Waals surface area contributed by atoms with Gasteiger partial charge in [0.05, 0.1) is 0 Å². The topological polar surface area (TPSA) is 66.9 Å². The van der Waals surface area contributed by atoms with Gasteiger partial charge in [0.1, 0.15) is 17.3 Å². The Morgan fingerprint density at radius 1 is 1.21 bits per heavy atom. The highest BCUT2D eigenvalue weighted by Gasteiger charge is 2.13. The molecule has 128 valence electrons. The molecule has 2 rings (SSSR count). The van der Waals surface area contributed by atoms with E-state index in [1.165, 1.54) is 5.56 Å². The van der Waals surface area contributed by atoms with Gasteiger partial charge in [0.2, 0.25) is 0 Å². The first-order valence-corrected chi connectivity index (χ1v) is 8.42. The molecule has 0 aliphatic rings. The molecule has 0 saturated carbocycles. The summed E-state index contributed by atoms with van der Waals surface area (Å²) in [4.78, 5) is 20.8. The van der Waals surface area contributed by atoms with E-state index in [1.807, 2.05) is 6.92 Å². The van der Waals surface area contributed by atoms with Gasteiger partial charge in [-0.15, -0.1) is 0 Å². The van der Waals surface area contributed by atoms with Crippen molar-refractivity contribution in [1.82, 2.24) is 15.3 Å². The minimum Gasteiger partial charge on any atom is -0.351 e. The van der Waals surface area contributed by atoms with Crippen LogP contribution in [0, 0.1) is 13.8 Å². The van der Waals surface area contributed by atoms with E-state index in [2.05, 4.69) is 59.6 Å². The number of amides is 1. The van der Waals surface area contributed by atoms with Gasteiger partial charge < -0.3 is 10.6 Å². The Morgan fingerprint density at radius 2 is 1.96 bits per heavy atom. The largest absolute Gasteiger partial charge is 0.351 e. The smallest absolute Gasteiger partial charge is 0.270 e. The quantitative estimate of drug-likeness (QED) is 0.838. The Labute approximate surface area is 143 Å². The predicted molar refractivity (Wildman–Crippen MR) is 97.9 cm³/mol. The summed E-state index contributed by atoms with van der Waals surface area (Å²) in [6.45, 7) is 10.8. The van der Waals surface area contributed by atoms with Gasteiger partial charge in [-0.1, -0.05) is 39.0 Å². The first kappa shape index (κ1) is 17.9. The third-order valence-electron chi connectivity index (χ3n) is 3.79. The van der Waals surface area contributed by atoms with E-state index in [-0.39, 0.29) is 5.91 Å². The van der Waals surface area contributed by atoms with Crippen molar-refractivity contribution in [1.29, 1.82) is 0 Å². The van der Waals surface area contributed by atoms with Gasteiger partial charge in [-0.2, -0.15) is 0 Å². The number of nitrogens with one attached hydrogen (secondary N) is 2. The molecule has 0 aliphatic heterocycles. The standard InChI is InChI=1S/C19H26N4O/c1-6-10-20-19(24)16-11-17(22-14(5)21-16)23-18-13(4)8-7-9-15(18)12(2)3/h7-9,11-12H,6,10H2,1-5H3,(H,20,24)(H,21,22,23). The Bertz CT molecular complexity index is 725. The molecule has 5 heteroatoms. The minimum absolute atomic E-state index is 0.167. The van der Waals surface area contributed by atoms with Crippen LogP contribution in [0.1, 0.15) is 60.5 Å². The second-order valence-electron chi connectivity index (χ2n) is 6.26. The SMILES string of the molecule is CCCNC(=O)c1cc(Nc2c(C)cccc2C(C)C)nc(C)n1. The number of benzene rings is 1. The van der Waals surface area contributed by atoms with E-state index in [9.17, 15) is 4.79 Å². The van der Waals surface area contributed by atoms with Crippen molar-refractivity contribution in [3.63, 3.8) is 0 Å². The molecule has 0 saturated heterocycles. The third-order valence-corrected chi connectivity index (χ3v) is 3.79. The summed E-state index contributed by atoms with van der Waals surface area (Å²) in [6, 6.07) is 7.94. The lowest BCUT2D eigenvalue weighted by Crippen LogP contribution is -2.25. The molecule has 2 N–H and O–H groups in total. The van der Waals surface area contributed by atoms with Crippen LogP contribution in [-0.4, -0.2) is 22.4 Å². The van der Waals surface area contributed by atoms with Gasteiger partial charge in [-0.3, -0.25) is 4.79 Å². The normalized spacial score (nSPS) is 10.8. The zero-order chi connectivity index (χ0) is 17.7. The number of para-hydroxylation sites is 1. The zero-order valence-electron chi connectivity index (χ0n) is 15.1. The van der Waals surface area contributed by atoms with Gasteiger partial charge in [-0.25, -0.2) is 9.97 Å². The fraction of sp³-hybridized carbons (Fsp3) is 0.421. The molecule has 1 aromatic carbocycles. The van der Waals surface area contributed by atoms with Crippen LogP contribution < -0.4 is 10.6 Å². The van der Waals surface area contributed by atoms with Crippen molar-refractivity contribution in [3.8, 4) is 0 Å². The number of carbonyl (C=O) groups is 1. The number of anilines is 2. The second-order valence-corrected chi connectivity index (χ2v) is 6.26. The molecular formula is C19H26N4O. The van der Waals surface area contributed by atoms with Crippen LogP contribution in [0.4, 0.5) is 11.5 Å². The van der Waals surface area contributed by atoms with Crippen molar-refractivity contribution < 1.29 is 4.79 Å². The molecule has 0 bridgehead atoms. The molecule has 5 nitrogen and oxygen atoms in total. The van der Waals surface area contributed by atoms with Crippen LogP contribution in [-0.2, 0) is 0 Å². The predicted octanol–water partition coefficient (Wildman–Crippen LogP) is 4.10. The number of rotatable bonds is 6. The van der Waals surface area contributed by atoms with Crippen molar-refractivity contribution in [2.24, 2.45) is 0 Å². The summed E-state index contributed by atoms with van der Waals surface area (Å²) in [5, 5.41) is 6.23. The summed E-state index contributed by atoms with van der Waals surface area (Å²) in [6.07, 6.45) is 0.891. The molecular weight excluding hydrogens is 300 g/mol. The lowest BCUT2D eigenvalue weighted by atomic mass is 9.98. The van der Waals surface area contributed by atoms with E-state index in [4.69, 9.17) is 0 Å². The number of nitrogens with zero attached hydrogens (tertiary/aromatic N) is 2. The van der Waals surface area contributed by atoms with E-state index >= 15 is 0 Å². The van der Waals surface area contributed by atoms with Gasteiger partial charge in [-0.05, 0) is 37.3 Å². The molecule has 1 aromatic heterocycles. The third kappa shape index (κ3) is 4.31. The van der Waals surface area contributed by atoms with Crippen LogP contribution in [0.2, 0.25) is 0 Å². The molecule has 24 heavy (non-hydrogen) atoms. The highest BCUT2D eigenvalue weighted by molar-refractivity contribution is 5.93. The maximum absolute atomic E-state index is 12.2. The molecule has 1 heterocycles. The number of carbonyl (C=O) groups excluding carboxylic acids is 1. The van der Waals surface area contributed by atoms with E-state index < -0.39 is 0 Å². The zero-order valence-corrected chi connectivity index (χ0v) is 15.1. The van der Waals surface area contributed by atoms with E-state index in [1.54, 1.807) is 13.0 Å². The monoisotopic (exact) mass is 326 g/mol. The van der Waals surface area contributed by atoms with Crippen molar-refractivity contribution in [2.45, 2.75) is 47.0 Å². The van der Waals surface area contributed by atoms with Crippen molar-refractivity contribution >= 4 is 17.4 Å². The average molecular weight is 326 g/mol. The first-order chi connectivity index (χ1) is 11.4. The maximum atomic E-state index is 12.2. The molecule has 1 amide bonds. The molecule has 2 aromatic rings. The molecule has 0 spiro atoms. The molecule has 0 unspecified atom stereocenters. The van der Waals surface area contributed by atoms with Crippen LogP contribution in [0.15, 0.2) is 24.3 Å². The Kier molecular flexibility index (Phi) is 5.90. The van der Waals surface area contributed by atoms with Crippen molar-refractivity contribution in [2.75, 3.05) is 11.9 Å². The molecule has 0 radical (unpaired) electrons. The summed E-state index contributed by atoms with van der Waals surface area (Å²) in [5.74, 6) is 1.43. The van der Waals surface area contributed by atoms with Gasteiger partial charge >= 0.3 is 0 Å². The van der Waals surface area contributed by atoms with E-state index in [0.29, 0.717) is 29.8 Å². The summed E-state index contributed by atoms with van der Waals surface area (Å²) >= 11 is 0. The Balaban J connectivity index is 2.34. The van der Waals surface area contributed by atoms with E-state index in [0.717, 1.165) is 17.7 Å². The highest BCUT2D eigenvalue weighted by atomic mass is 16.1. The summed E-state index contributed by atoms with van der Waals surface area (Å²) in [7, 11) is 0. The second kappa shape index (κ2) is 7.90. The van der Waals surface area contributed by atoms with Crippen LogP contribution >= 0.6 is 0 Å². The van der Waals surface area contributed by atoms with Gasteiger partial charge in [0, 0.05) is 18.3 Å². The highest BCUT2D eigenvalue weighted by Crippen LogP contribution is 2.29. The lowest BCUT2D eigenvalue weighted by molar-refractivity contribution is 0.0948. The number of hydrogen-bond acceptors (Lipinski definition) is 4. The van der Waals surface area contributed by atoms with Crippen LogP contribution in [0.25, 0.3) is 0 Å². The first-order valence-electron chi connectivity index (χ1n) is 8.42.